The zero-order valence-electron chi connectivity index (χ0n) is 20.3. The van der Waals surface area contributed by atoms with Crippen molar-refractivity contribution in [3.8, 4) is 0 Å². The lowest BCUT2D eigenvalue weighted by molar-refractivity contribution is 0.00329. The fourth-order valence-electron chi connectivity index (χ4n) is 4.59. The molecule has 1 fully saturated rings. The number of nitrogens with two attached hydrogens (primary N) is 1. The van der Waals surface area contributed by atoms with Crippen LogP contribution in [0.3, 0.4) is 0 Å². The highest BCUT2D eigenvalue weighted by molar-refractivity contribution is 6.99. The first-order valence-electron chi connectivity index (χ1n) is 11.4. The summed E-state index contributed by atoms with van der Waals surface area (Å²) in [6.07, 6.45) is 0.213. The Morgan fingerprint density at radius 3 is 1.84 bits per heavy atom. The minimum absolute atomic E-state index is 0.131. The number of carbonyl (C=O) groups is 1. The Bertz CT molecular complexity index is 851. The van der Waals surface area contributed by atoms with Crippen LogP contribution in [-0.2, 0) is 9.16 Å². The van der Waals surface area contributed by atoms with Crippen LogP contribution in [-0.4, -0.2) is 50.1 Å². The minimum Gasteiger partial charge on any atom is -0.444 e. The molecule has 1 saturated heterocycles. The molecule has 32 heavy (non-hydrogen) atoms. The zero-order chi connectivity index (χ0) is 23.6. The number of amides is 1. The van der Waals surface area contributed by atoms with E-state index >= 15 is 0 Å². The highest BCUT2D eigenvalue weighted by Crippen LogP contribution is 2.38. The third-order valence-electron chi connectivity index (χ3n) is 5.86. The third-order valence-corrected chi connectivity index (χ3v) is 10.9. The maximum absolute atomic E-state index is 12.8. The van der Waals surface area contributed by atoms with Gasteiger partial charge in [0, 0.05) is 19.1 Å². The maximum Gasteiger partial charge on any atom is 0.410 e. The maximum atomic E-state index is 12.8. The van der Waals surface area contributed by atoms with Crippen molar-refractivity contribution in [1.29, 1.82) is 0 Å². The van der Waals surface area contributed by atoms with Gasteiger partial charge in [-0.05, 0) is 42.6 Å². The Kier molecular flexibility index (Phi) is 7.17. The van der Waals surface area contributed by atoms with Crippen molar-refractivity contribution < 1.29 is 14.0 Å². The highest BCUT2D eigenvalue weighted by Gasteiger charge is 2.52. The second-order valence-corrected chi connectivity index (χ2v) is 15.0. The first-order valence-corrected chi connectivity index (χ1v) is 13.4. The van der Waals surface area contributed by atoms with Gasteiger partial charge in [0.2, 0.25) is 0 Å². The predicted octanol–water partition coefficient (Wildman–Crippen LogP) is 3.90. The lowest BCUT2D eigenvalue weighted by Gasteiger charge is -2.47. The van der Waals surface area contributed by atoms with E-state index in [1.165, 1.54) is 10.4 Å². The first kappa shape index (κ1) is 24.5. The SMILES string of the molecule is CC(C)(C)OC(=O)N1C[C@H](N)C[C@H](O[Si](c2ccccc2)(c2ccccc2)C(C)(C)C)C1. The molecule has 3 rings (SSSR count). The van der Waals surface area contributed by atoms with Gasteiger partial charge in [0.1, 0.15) is 5.60 Å². The lowest BCUT2D eigenvalue weighted by Crippen LogP contribution is -2.69. The molecule has 5 nitrogen and oxygen atoms in total. The minimum atomic E-state index is -2.71. The van der Waals surface area contributed by atoms with Crippen molar-refractivity contribution in [1.82, 2.24) is 4.90 Å². The van der Waals surface area contributed by atoms with Crippen LogP contribution in [0.5, 0.6) is 0 Å². The molecule has 0 bridgehead atoms. The van der Waals surface area contributed by atoms with E-state index in [2.05, 4.69) is 69.3 Å². The molecule has 174 valence electrons. The quantitative estimate of drug-likeness (QED) is 0.712. The molecule has 0 saturated carbocycles. The number of benzene rings is 2. The van der Waals surface area contributed by atoms with Gasteiger partial charge in [-0.3, -0.25) is 0 Å². The van der Waals surface area contributed by atoms with Crippen LogP contribution < -0.4 is 16.1 Å². The molecule has 0 spiro atoms. The van der Waals surface area contributed by atoms with E-state index in [-0.39, 0.29) is 23.3 Å². The predicted molar refractivity (Wildman–Crippen MR) is 133 cm³/mol. The van der Waals surface area contributed by atoms with Crippen molar-refractivity contribution in [2.45, 2.75) is 70.7 Å². The monoisotopic (exact) mass is 454 g/mol. The summed E-state index contributed by atoms with van der Waals surface area (Å²) in [6.45, 7) is 13.4. The van der Waals surface area contributed by atoms with Gasteiger partial charge in [-0.25, -0.2) is 4.79 Å². The fourth-order valence-corrected chi connectivity index (χ4v) is 9.28. The van der Waals surface area contributed by atoms with Crippen molar-refractivity contribution >= 4 is 24.8 Å². The lowest BCUT2D eigenvalue weighted by atomic mass is 10.0. The molecule has 1 amide bonds. The van der Waals surface area contributed by atoms with E-state index in [0.717, 1.165) is 0 Å². The first-order chi connectivity index (χ1) is 14.9. The van der Waals surface area contributed by atoms with E-state index in [1.54, 1.807) is 4.90 Å². The summed E-state index contributed by atoms with van der Waals surface area (Å²) >= 11 is 0. The molecule has 0 unspecified atom stereocenters. The van der Waals surface area contributed by atoms with E-state index in [9.17, 15) is 4.79 Å². The van der Waals surface area contributed by atoms with Gasteiger partial charge in [-0.2, -0.15) is 0 Å². The smallest absolute Gasteiger partial charge is 0.410 e. The third kappa shape index (κ3) is 5.42. The molecular formula is C26H38N2O3Si. The molecule has 2 aromatic carbocycles. The Morgan fingerprint density at radius 2 is 1.41 bits per heavy atom. The van der Waals surface area contributed by atoms with Crippen LogP contribution in [0.4, 0.5) is 4.79 Å². The standard InChI is InChI=1S/C26H38N2O3Si/c1-25(2,3)30-24(29)28-18-20(27)17-21(19-28)31-32(26(4,5)6,22-13-9-7-10-14-22)23-15-11-8-12-16-23/h7-16,20-21H,17-19,27H2,1-6H3/t20-,21+/m1/s1. The molecule has 0 aliphatic carbocycles. The second kappa shape index (κ2) is 9.38. The van der Waals surface area contributed by atoms with Gasteiger partial charge in [0.15, 0.2) is 0 Å². The van der Waals surface area contributed by atoms with Gasteiger partial charge >= 0.3 is 6.09 Å². The summed E-state index contributed by atoms with van der Waals surface area (Å²) < 4.78 is 12.8. The van der Waals surface area contributed by atoms with Crippen LogP contribution in [0.15, 0.2) is 60.7 Å². The average Bonchev–Trinajstić information content (AvgIpc) is 2.71. The molecule has 1 aliphatic rings. The van der Waals surface area contributed by atoms with Crippen LogP contribution in [0.1, 0.15) is 48.0 Å². The Hall–Kier alpha value is -2.15. The zero-order valence-corrected chi connectivity index (χ0v) is 21.3. The molecule has 6 heteroatoms. The number of hydrogen-bond acceptors (Lipinski definition) is 4. The molecule has 1 aliphatic heterocycles. The van der Waals surface area contributed by atoms with Crippen molar-refractivity contribution in [3.05, 3.63) is 60.7 Å². The van der Waals surface area contributed by atoms with Gasteiger partial charge in [-0.15, -0.1) is 0 Å². The van der Waals surface area contributed by atoms with Crippen LogP contribution in [0.25, 0.3) is 0 Å². The van der Waals surface area contributed by atoms with Crippen molar-refractivity contribution in [2.75, 3.05) is 13.1 Å². The number of rotatable bonds is 4. The van der Waals surface area contributed by atoms with Crippen molar-refractivity contribution in [3.63, 3.8) is 0 Å². The molecule has 0 aromatic heterocycles. The van der Waals surface area contributed by atoms with Crippen LogP contribution in [0, 0.1) is 0 Å². The molecule has 2 aromatic rings. The summed E-state index contributed by atoms with van der Waals surface area (Å²) in [5, 5.41) is 2.32. The van der Waals surface area contributed by atoms with Gasteiger partial charge in [0.05, 0.1) is 6.10 Å². The normalized spacial score (nSPS) is 20.2. The summed E-state index contributed by atoms with van der Waals surface area (Å²) in [7, 11) is -2.71. The number of likely N-dealkylation sites (tertiary alicyclic amines) is 1. The fraction of sp³-hybridized carbons (Fsp3) is 0.500. The number of ether oxygens (including phenoxy) is 1. The Morgan fingerprint density at radius 1 is 0.906 bits per heavy atom. The molecule has 1 heterocycles. The van der Waals surface area contributed by atoms with Crippen molar-refractivity contribution in [2.24, 2.45) is 5.73 Å². The second-order valence-electron chi connectivity index (χ2n) is 10.8. The van der Waals surface area contributed by atoms with Crippen LogP contribution >= 0.6 is 0 Å². The summed E-state index contributed by atoms with van der Waals surface area (Å²) in [5.74, 6) is 0. The molecule has 0 radical (unpaired) electrons. The van der Waals surface area contributed by atoms with Gasteiger partial charge < -0.3 is 19.8 Å². The van der Waals surface area contributed by atoms with E-state index in [4.69, 9.17) is 14.9 Å². The Balaban J connectivity index is 2.00. The van der Waals surface area contributed by atoms with Gasteiger partial charge in [-0.1, -0.05) is 81.4 Å². The van der Waals surface area contributed by atoms with Crippen LogP contribution in [0.2, 0.25) is 5.04 Å². The van der Waals surface area contributed by atoms with E-state index < -0.39 is 13.9 Å². The number of carbonyl (C=O) groups excluding carboxylic acids is 1. The Labute approximate surface area is 194 Å². The summed E-state index contributed by atoms with van der Waals surface area (Å²) in [4.78, 5) is 14.5. The number of piperidine rings is 1. The molecule has 2 atom stereocenters. The largest absolute Gasteiger partial charge is 0.444 e. The summed E-state index contributed by atoms with van der Waals surface area (Å²) in [6, 6.07) is 21.0. The van der Waals surface area contributed by atoms with Gasteiger partial charge in [0.25, 0.3) is 8.32 Å². The topological polar surface area (TPSA) is 64.8 Å². The van der Waals surface area contributed by atoms with E-state index in [0.29, 0.717) is 19.5 Å². The average molecular weight is 455 g/mol. The summed E-state index contributed by atoms with van der Waals surface area (Å²) in [5.41, 5.74) is 5.86. The van der Waals surface area contributed by atoms with E-state index in [1.807, 2.05) is 32.9 Å². The molecule has 2 N–H and O–H groups in total. The number of nitrogens with zero attached hydrogens (tertiary/aromatic N) is 1. The number of hydrogen-bond donors (Lipinski definition) is 1. The molecular weight excluding hydrogens is 416 g/mol. The highest BCUT2D eigenvalue weighted by atomic mass is 28.4.